The van der Waals surface area contributed by atoms with Crippen LogP contribution in [0.3, 0.4) is 0 Å². The Balaban J connectivity index is 1.79. The predicted molar refractivity (Wildman–Crippen MR) is 100 cm³/mol. The highest BCUT2D eigenvalue weighted by Gasteiger charge is 2.13. The minimum Gasteiger partial charge on any atom is -0.306 e. The van der Waals surface area contributed by atoms with Gasteiger partial charge in [-0.15, -0.1) is 11.8 Å². The smallest absolute Gasteiger partial charge is 0.134 e. The third-order valence-corrected chi connectivity index (χ3v) is 5.13. The van der Waals surface area contributed by atoms with E-state index in [0.29, 0.717) is 17.3 Å². The molecule has 2 aromatic carbocycles. The van der Waals surface area contributed by atoms with Crippen LogP contribution in [0.2, 0.25) is 5.15 Å². The number of aromatic nitrogens is 1. The Morgan fingerprint density at radius 3 is 2.68 bits per heavy atom. The maximum Gasteiger partial charge on any atom is 0.134 e. The van der Waals surface area contributed by atoms with Crippen molar-refractivity contribution in [3.63, 3.8) is 0 Å². The molecule has 1 aromatic heterocycles. The molecule has 130 valence electrons. The number of pyridine rings is 1. The number of nitrogens with one attached hydrogen (secondary N) is 1. The number of nitrogens with zero attached hydrogens (tertiary/aromatic N) is 1. The van der Waals surface area contributed by atoms with Crippen molar-refractivity contribution in [1.29, 1.82) is 0 Å². The van der Waals surface area contributed by atoms with E-state index in [1.165, 1.54) is 12.1 Å². The van der Waals surface area contributed by atoms with E-state index >= 15 is 0 Å². The lowest BCUT2D eigenvalue weighted by Gasteiger charge is -2.16. The van der Waals surface area contributed by atoms with E-state index in [2.05, 4.69) is 10.3 Å². The molecular weight excluding hydrogens is 362 g/mol. The van der Waals surface area contributed by atoms with Crippen LogP contribution in [0.1, 0.15) is 24.1 Å². The summed E-state index contributed by atoms with van der Waals surface area (Å²) in [7, 11) is 0. The van der Waals surface area contributed by atoms with Gasteiger partial charge in [-0.1, -0.05) is 23.7 Å². The van der Waals surface area contributed by atoms with E-state index in [9.17, 15) is 8.78 Å². The molecule has 3 aromatic rings. The molecule has 0 spiro atoms. The summed E-state index contributed by atoms with van der Waals surface area (Å²) < 4.78 is 26.9. The highest BCUT2D eigenvalue weighted by Crippen LogP contribution is 2.25. The molecule has 0 aliphatic rings. The third-order valence-electron chi connectivity index (χ3n) is 4.08. The van der Waals surface area contributed by atoms with Gasteiger partial charge in [0.2, 0.25) is 0 Å². The monoisotopic (exact) mass is 378 g/mol. The molecule has 0 radical (unpaired) electrons. The van der Waals surface area contributed by atoms with Crippen LogP contribution >= 0.6 is 23.4 Å². The average molecular weight is 379 g/mol. The van der Waals surface area contributed by atoms with Crippen LogP contribution in [0, 0.1) is 11.6 Å². The van der Waals surface area contributed by atoms with Gasteiger partial charge in [0.05, 0.1) is 5.52 Å². The van der Waals surface area contributed by atoms with E-state index in [-0.39, 0.29) is 6.04 Å². The topological polar surface area (TPSA) is 24.9 Å². The second kappa shape index (κ2) is 7.68. The van der Waals surface area contributed by atoms with Crippen molar-refractivity contribution in [3.05, 3.63) is 70.4 Å². The number of fused-ring (bicyclic) bond motifs is 1. The SMILES string of the molecule is CSc1ccc2cc(CN[C@H](C)c3ccc(F)cc3F)c(Cl)nc2c1. The average Bonchev–Trinajstić information content (AvgIpc) is 2.59. The molecule has 3 rings (SSSR count). The summed E-state index contributed by atoms with van der Waals surface area (Å²) in [5.74, 6) is -1.15. The Labute approximate surface area is 154 Å². The van der Waals surface area contributed by atoms with Crippen molar-refractivity contribution in [1.82, 2.24) is 10.3 Å². The fourth-order valence-corrected chi connectivity index (χ4v) is 3.29. The first kappa shape index (κ1) is 18.1. The summed E-state index contributed by atoms with van der Waals surface area (Å²) in [6, 6.07) is 11.3. The first-order valence-corrected chi connectivity index (χ1v) is 9.39. The highest BCUT2D eigenvalue weighted by atomic mass is 35.5. The second-order valence-electron chi connectivity index (χ2n) is 5.77. The van der Waals surface area contributed by atoms with Gasteiger partial charge in [-0.05, 0) is 37.4 Å². The van der Waals surface area contributed by atoms with Crippen LogP contribution in [-0.4, -0.2) is 11.2 Å². The number of rotatable bonds is 5. The molecular formula is C19H17ClF2N2S. The molecule has 0 aliphatic heterocycles. The normalized spacial score (nSPS) is 12.5. The van der Waals surface area contributed by atoms with Gasteiger partial charge in [0.25, 0.3) is 0 Å². The minimum atomic E-state index is -0.583. The van der Waals surface area contributed by atoms with Crippen molar-refractivity contribution in [2.24, 2.45) is 0 Å². The number of thioether (sulfide) groups is 1. The zero-order valence-electron chi connectivity index (χ0n) is 13.8. The van der Waals surface area contributed by atoms with Crippen LogP contribution in [0.5, 0.6) is 0 Å². The Morgan fingerprint density at radius 2 is 1.96 bits per heavy atom. The molecule has 0 unspecified atom stereocenters. The van der Waals surface area contributed by atoms with Crippen LogP contribution < -0.4 is 5.32 Å². The summed E-state index contributed by atoms with van der Waals surface area (Å²) in [4.78, 5) is 5.58. The predicted octanol–water partition coefficient (Wildman–Crippen LogP) is 5.74. The van der Waals surface area contributed by atoms with Crippen molar-refractivity contribution in [2.45, 2.75) is 24.4 Å². The van der Waals surface area contributed by atoms with Gasteiger partial charge >= 0.3 is 0 Å². The van der Waals surface area contributed by atoms with Gasteiger partial charge in [-0.2, -0.15) is 0 Å². The zero-order chi connectivity index (χ0) is 18.0. The van der Waals surface area contributed by atoms with Crippen molar-refractivity contribution in [2.75, 3.05) is 6.26 Å². The summed E-state index contributed by atoms with van der Waals surface area (Å²) in [6.45, 7) is 2.26. The molecule has 25 heavy (non-hydrogen) atoms. The lowest BCUT2D eigenvalue weighted by Crippen LogP contribution is -2.19. The summed E-state index contributed by atoms with van der Waals surface area (Å²) in [6.07, 6.45) is 2.01. The molecule has 0 fully saturated rings. The van der Waals surface area contributed by atoms with Gasteiger partial charge in [0, 0.05) is 40.1 Å². The third kappa shape index (κ3) is 4.11. The molecule has 1 atom stereocenters. The Kier molecular flexibility index (Phi) is 5.57. The van der Waals surface area contributed by atoms with Gasteiger partial charge < -0.3 is 5.32 Å². The van der Waals surface area contributed by atoms with E-state index in [4.69, 9.17) is 11.6 Å². The van der Waals surface area contributed by atoms with Crippen molar-refractivity contribution in [3.8, 4) is 0 Å². The first-order chi connectivity index (χ1) is 12.0. The Hall–Kier alpha value is -1.69. The van der Waals surface area contributed by atoms with E-state index in [1.54, 1.807) is 11.8 Å². The Bertz CT molecular complexity index is 917. The summed E-state index contributed by atoms with van der Waals surface area (Å²) >= 11 is 7.95. The molecule has 6 heteroatoms. The fourth-order valence-electron chi connectivity index (χ4n) is 2.64. The van der Waals surface area contributed by atoms with Gasteiger partial charge in [-0.3, -0.25) is 0 Å². The zero-order valence-corrected chi connectivity index (χ0v) is 15.4. The fraction of sp³-hybridized carbons (Fsp3) is 0.211. The first-order valence-electron chi connectivity index (χ1n) is 7.79. The van der Waals surface area contributed by atoms with Crippen molar-refractivity contribution >= 4 is 34.3 Å². The number of hydrogen-bond donors (Lipinski definition) is 1. The summed E-state index contributed by atoms with van der Waals surface area (Å²) in [5, 5.41) is 4.63. The molecule has 1 heterocycles. The molecule has 0 aliphatic carbocycles. The molecule has 2 nitrogen and oxygen atoms in total. The van der Waals surface area contributed by atoms with Crippen molar-refractivity contribution < 1.29 is 8.78 Å². The lowest BCUT2D eigenvalue weighted by molar-refractivity contribution is 0.517. The molecule has 0 bridgehead atoms. The van der Waals surface area contributed by atoms with Crippen LogP contribution in [0.4, 0.5) is 8.78 Å². The number of benzene rings is 2. The molecule has 1 N–H and O–H groups in total. The molecule has 0 saturated carbocycles. The minimum absolute atomic E-state index is 0.286. The quantitative estimate of drug-likeness (QED) is 0.452. The maximum absolute atomic E-state index is 13.9. The summed E-state index contributed by atoms with van der Waals surface area (Å²) in [5.41, 5.74) is 2.09. The van der Waals surface area contributed by atoms with Gasteiger partial charge in [-0.25, -0.2) is 13.8 Å². The van der Waals surface area contributed by atoms with E-state index in [1.807, 2.05) is 37.4 Å². The van der Waals surface area contributed by atoms with Crippen LogP contribution in [-0.2, 0) is 6.54 Å². The van der Waals surface area contributed by atoms with Gasteiger partial charge in [0.1, 0.15) is 16.8 Å². The number of hydrogen-bond acceptors (Lipinski definition) is 3. The second-order valence-corrected chi connectivity index (χ2v) is 7.00. The van der Waals surface area contributed by atoms with E-state index in [0.717, 1.165) is 27.4 Å². The number of halogens is 3. The maximum atomic E-state index is 13.9. The lowest BCUT2D eigenvalue weighted by atomic mass is 10.1. The standard InChI is InChI=1S/C19H17ClF2N2S/c1-11(16-6-4-14(21)8-17(16)22)23-10-13-7-12-3-5-15(25-2)9-18(12)24-19(13)20/h3-9,11,23H,10H2,1-2H3/t11-/m1/s1. The van der Waals surface area contributed by atoms with E-state index < -0.39 is 11.6 Å². The largest absolute Gasteiger partial charge is 0.306 e. The highest BCUT2D eigenvalue weighted by molar-refractivity contribution is 7.98. The van der Waals surface area contributed by atoms with Gasteiger partial charge in [0.15, 0.2) is 0 Å². The van der Waals surface area contributed by atoms with Crippen LogP contribution in [0.15, 0.2) is 47.4 Å². The molecule has 0 amide bonds. The Morgan fingerprint density at radius 1 is 1.16 bits per heavy atom. The molecule has 0 saturated heterocycles. The van der Waals surface area contributed by atoms with Crippen LogP contribution in [0.25, 0.3) is 10.9 Å².